The minimum atomic E-state index is -5.33. The van der Waals surface area contributed by atoms with Gasteiger partial charge in [0, 0.05) is 0 Å². The zero-order chi connectivity index (χ0) is 23.1. The molecule has 1 aliphatic rings. The highest BCUT2D eigenvalue weighted by Gasteiger charge is 2.44. The fourth-order valence-corrected chi connectivity index (χ4v) is 5.19. The maximum absolute atomic E-state index is 12.9. The lowest BCUT2D eigenvalue weighted by molar-refractivity contribution is 0.0967. The van der Waals surface area contributed by atoms with Crippen molar-refractivity contribution in [3.05, 3.63) is 22.3 Å². The largest absolute Gasteiger partial charge is 0.506 e. The number of benzene rings is 2. The van der Waals surface area contributed by atoms with Crippen LogP contribution in [0.2, 0.25) is 0 Å². The van der Waals surface area contributed by atoms with E-state index in [0.717, 1.165) is 0 Å². The first kappa shape index (κ1) is 22.2. The van der Waals surface area contributed by atoms with Crippen LogP contribution in [0.15, 0.2) is 19.6 Å². The monoisotopic (exact) mass is 496 g/mol. The molecule has 0 aliphatic heterocycles. The van der Waals surface area contributed by atoms with Gasteiger partial charge in [0.2, 0.25) is 0 Å². The van der Waals surface area contributed by atoms with Gasteiger partial charge in [0.1, 0.15) is 0 Å². The van der Waals surface area contributed by atoms with Crippen molar-refractivity contribution >= 4 is 57.1 Å². The third-order valence-corrected chi connectivity index (χ3v) is 6.86. The van der Waals surface area contributed by atoms with Crippen LogP contribution in [0, 0.1) is 0 Å². The van der Waals surface area contributed by atoms with Crippen LogP contribution in [-0.4, -0.2) is 57.9 Å². The molecule has 0 radical (unpaired) electrons. The van der Waals surface area contributed by atoms with Gasteiger partial charge in [-0.2, -0.15) is 16.8 Å². The standard InChI is InChI=1S/C14H8O12S4/c15-5-1-3(11(27)9(19)13(7(1)17)29(21,22)23)6(16)2-4(5)12(28)10(20)14(8(2)18)30(24,25)26/h17-20,27-28H,(H,21,22,23)(H,24,25,26). The molecule has 0 saturated heterocycles. The van der Waals surface area contributed by atoms with Crippen molar-refractivity contribution in [1.82, 2.24) is 0 Å². The molecule has 30 heavy (non-hydrogen) atoms. The van der Waals surface area contributed by atoms with Crippen molar-refractivity contribution in [3.8, 4) is 23.0 Å². The number of phenolic OH excluding ortho intramolecular Hbond substituents is 4. The van der Waals surface area contributed by atoms with E-state index >= 15 is 0 Å². The highest BCUT2D eigenvalue weighted by molar-refractivity contribution is 7.86. The molecule has 2 aromatic rings. The second kappa shape index (κ2) is 6.50. The fraction of sp³-hybridized carbons (Fsp3) is 0. The summed E-state index contributed by atoms with van der Waals surface area (Å²) in [6.45, 7) is 0. The summed E-state index contributed by atoms with van der Waals surface area (Å²) < 4.78 is 64.4. The number of fused-ring (bicyclic) bond motifs is 2. The predicted octanol–water partition coefficient (Wildman–Crippen LogP) is 0.355. The number of carbonyl (C=O) groups excluding carboxylic acids is 2. The first-order valence-electron chi connectivity index (χ1n) is 7.19. The number of carbonyl (C=O) groups is 2. The van der Waals surface area contributed by atoms with Crippen LogP contribution < -0.4 is 0 Å². The summed E-state index contributed by atoms with van der Waals surface area (Å²) in [5.74, 6) is -8.82. The Morgan fingerprint density at radius 2 is 0.800 bits per heavy atom. The van der Waals surface area contributed by atoms with E-state index in [9.17, 15) is 56.0 Å². The summed E-state index contributed by atoms with van der Waals surface area (Å²) in [7, 11) is -10.7. The molecule has 160 valence electrons. The maximum Gasteiger partial charge on any atom is 0.302 e. The SMILES string of the molecule is O=C1c2c(O)c(S(=O)(=O)O)c(O)c(S)c2C(=O)c2c(O)c(S(=O)(=O)O)c(O)c(S)c21. The van der Waals surface area contributed by atoms with Gasteiger partial charge in [0.05, 0.1) is 32.0 Å². The lowest BCUT2D eigenvalue weighted by Crippen LogP contribution is -2.24. The molecule has 0 saturated carbocycles. The van der Waals surface area contributed by atoms with E-state index in [1.165, 1.54) is 0 Å². The van der Waals surface area contributed by atoms with Crippen molar-refractivity contribution in [2.24, 2.45) is 0 Å². The number of thiol groups is 2. The summed E-state index contributed by atoms with van der Waals surface area (Å²) in [5.41, 5.74) is -4.07. The molecule has 0 bridgehead atoms. The molecule has 0 heterocycles. The molecule has 0 aromatic heterocycles. The third kappa shape index (κ3) is 2.83. The summed E-state index contributed by atoms with van der Waals surface area (Å²) in [5, 5.41) is 40.4. The van der Waals surface area contributed by atoms with Gasteiger partial charge in [0.15, 0.2) is 44.4 Å². The van der Waals surface area contributed by atoms with Crippen LogP contribution in [0.1, 0.15) is 31.8 Å². The Morgan fingerprint density at radius 1 is 0.533 bits per heavy atom. The minimum Gasteiger partial charge on any atom is -0.506 e. The lowest BCUT2D eigenvalue weighted by atomic mass is 9.82. The van der Waals surface area contributed by atoms with Gasteiger partial charge in [0.25, 0.3) is 0 Å². The Labute approximate surface area is 177 Å². The first-order chi connectivity index (χ1) is 13.5. The van der Waals surface area contributed by atoms with Crippen molar-refractivity contribution in [2.75, 3.05) is 0 Å². The van der Waals surface area contributed by atoms with Gasteiger partial charge < -0.3 is 20.4 Å². The minimum absolute atomic E-state index is 0.916. The summed E-state index contributed by atoms with van der Waals surface area (Å²) in [6, 6.07) is 0. The van der Waals surface area contributed by atoms with E-state index in [1.807, 2.05) is 0 Å². The number of hydrogen-bond acceptors (Lipinski definition) is 12. The second-order valence-electron chi connectivity index (χ2n) is 5.86. The van der Waals surface area contributed by atoms with Crippen LogP contribution in [0.4, 0.5) is 0 Å². The van der Waals surface area contributed by atoms with E-state index in [1.54, 1.807) is 0 Å². The molecular weight excluding hydrogens is 488 g/mol. The highest BCUT2D eigenvalue weighted by atomic mass is 32.2. The maximum atomic E-state index is 12.9. The molecule has 0 unspecified atom stereocenters. The smallest absolute Gasteiger partial charge is 0.302 e. The number of ketones is 2. The summed E-state index contributed by atoms with van der Waals surface area (Å²) in [4.78, 5) is 20.9. The van der Waals surface area contributed by atoms with Gasteiger partial charge in [-0.25, -0.2) is 0 Å². The normalized spacial score (nSPS) is 13.9. The van der Waals surface area contributed by atoms with Crippen molar-refractivity contribution in [3.63, 3.8) is 0 Å². The molecule has 6 N–H and O–H groups in total. The van der Waals surface area contributed by atoms with Gasteiger partial charge in [-0.1, -0.05) is 0 Å². The van der Waals surface area contributed by atoms with Crippen LogP contribution >= 0.6 is 25.3 Å². The molecule has 0 atom stereocenters. The summed E-state index contributed by atoms with van der Waals surface area (Å²) in [6.07, 6.45) is 0. The van der Waals surface area contributed by atoms with Crippen LogP contribution in [0.25, 0.3) is 0 Å². The first-order valence-corrected chi connectivity index (χ1v) is 11.0. The van der Waals surface area contributed by atoms with Gasteiger partial charge >= 0.3 is 20.2 Å². The fourth-order valence-electron chi connectivity index (χ4n) is 3.00. The molecule has 0 amide bonds. The van der Waals surface area contributed by atoms with E-state index in [2.05, 4.69) is 25.3 Å². The third-order valence-electron chi connectivity index (χ3n) is 4.18. The van der Waals surface area contributed by atoms with E-state index in [-0.39, 0.29) is 0 Å². The van der Waals surface area contributed by atoms with E-state index in [0.29, 0.717) is 0 Å². The number of hydrogen-bond donors (Lipinski definition) is 8. The van der Waals surface area contributed by atoms with Crippen LogP contribution in [0.5, 0.6) is 23.0 Å². The Morgan fingerprint density at radius 3 is 1.03 bits per heavy atom. The van der Waals surface area contributed by atoms with Crippen LogP contribution in [0.3, 0.4) is 0 Å². The van der Waals surface area contributed by atoms with Crippen molar-refractivity contribution in [1.29, 1.82) is 0 Å². The molecule has 0 fully saturated rings. The molecule has 0 spiro atoms. The number of rotatable bonds is 2. The zero-order valence-corrected chi connectivity index (χ0v) is 17.3. The van der Waals surface area contributed by atoms with Crippen molar-refractivity contribution in [2.45, 2.75) is 19.6 Å². The topological polar surface area (TPSA) is 224 Å². The molecule has 12 nitrogen and oxygen atoms in total. The average molecular weight is 496 g/mol. The molecule has 1 aliphatic carbocycles. The summed E-state index contributed by atoms with van der Waals surface area (Å²) >= 11 is 7.45. The van der Waals surface area contributed by atoms with Crippen molar-refractivity contribution < 1.29 is 56.0 Å². The Hall–Kier alpha value is -2.50. The molecular formula is C14H8O12S4. The quantitative estimate of drug-likeness (QED) is 0.178. The Balaban J connectivity index is 2.59. The number of aromatic hydroxyl groups is 4. The van der Waals surface area contributed by atoms with Gasteiger partial charge in [-0.3, -0.25) is 18.7 Å². The molecule has 16 heteroatoms. The second-order valence-corrected chi connectivity index (χ2v) is 9.47. The predicted molar refractivity (Wildman–Crippen MR) is 101 cm³/mol. The van der Waals surface area contributed by atoms with Crippen LogP contribution in [-0.2, 0) is 20.2 Å². The number of phenols is 4. The highest BCUT2D eigenvalue weighted by Crippen LogP contribution is 2.51. The lowest BCUT2D eigenvalue weighted by Gasteiger charge is -2.24. The van der Waals surface area contributed by atoms with Gasteiger partial charge in [-0.15, -0.1) is 25.3 Å². The molecule has 3 rings (SSSR count). The Kier molecular flexibility index (Phi) is 4.81. The molecule has 2 aromatic carbocycles. The zero-order valence-electron chi connectivity index (χ0n) is 13.8. The van der Waals surface area contributed by atoms with E-state index < -0.39 is 96.6 Å². The van der Waals surface area contributed by atoms with Gasteiger partial charge in [-0.05, 0) is 0 Å². The average Bonchev–Trinajstić information content (AvgIpc) is 2.56. The van der Waals surface area contributed by atoms with E-state index in [4.69, 9.17) is 0 Å². The Bertz CT molecular complexity index is 1310.